The van der Waals surface area contributed by atoms with E-state index >= 15 is 0 Å². The van der Waals surface area contributed by atoms with Gasteiger partial charge in [0.1, 0.15) is 0 Å². The van der Waals surface area contributed by atoms with Gasteiger partial charge in [-0.25, -0.2) is 0 Å². The van der Waals surface area contributed by atoms with E-state index in [4.69, 9.17) is 4.74 Å². The number of benzene rings is 2. The number of carbonyl (C=O) groups excluding carboxylic acids is 2. The zero-order valence-corrected chi connectivity index (χ0v) is 12.2. The molecule has 0 aliphatic carbocycles. The van der Waals surface area contributed by atoms with Crippen LogP contribution in [0, 0.1) is 5.92 Å². The maximum absolute atomic E-state index is 11.9. The van der Waals surface area contributed by atoms with E-state index in [0.29, 0.717) is 6.42 Å². The van der Waals surface area contributed by atoms with Gasteiger partial charge in [-0.05, 0) is 22.8 Å². The third-order valence-electron chi connectivity index (χ3n) is 3.52. The molecule has 2 aromatic rings. The topological polar surface area (TPSA) is 52.6 Å². The first kappa shape index (κ1) is 15.0. The van der Waals surface area contributed by atoms with Crippen molar-refractivity contribution in [3.05, 3.63) is 48.0 Å². The molecular formula is C17H18O4. The smallest absolute Gasteiger partial charge is 0.309 e. The Kier molecular flexibility index (Phi) is 4.93. The second-order valence-electron chi connectivity index (χ2n) is 4.84. The Morgan fingerprint density at radius 2 is 1.71 bits per heavy atom. The lowest BCUT2D eigenvalue weighted by molar-refractivity contribution is -0.151. The number of hydrogen-bond acceptors (Lipinski definition) is 4. The van der Waals surface area contributed by atoms with Crippen LogP contribution in [0.5, 0.6) is 0 Å². The van der Waals surface area contributed by atoms with Gasteiger partial charge in [-0.1, -0.05) is 42.5 Å². The molecule has 0 spiro atoms. The molecule has 0 aliphatic heterocycles. The summed E-state index contributed by atoms with van der Waals surface area (Å²) in [6.07, 6.45) is 0.468. The quantitative estimate of drug-likeness (QED) is 0.793. The molecule has 0 amide bonds. The summed E-state index contributed by atoms with van der Waals surface area (Å²) in [5.41, 5.74) is 1.02. The minimum absolute atomic E-state index is 0.0202. The zero-order chi connectivity index (χ0) is 15.2. The van der Waals surface area contributed by atoms with Crippen molar-refractivity contribution < 1.29 is 19.1 Å². The molecule has 1 atom stereocenters. The molecular weight excluding hydrogens is 268 g/mol. The van der Waals surface area contributed by atoms with E-state index in [1.165, 1.54) is 14.2 Å². The Balaban J connectivity index is 2.30. The highest BCUT2D eigenvalue weighted by atomic mass is 16.5. The summed E-state index contributed by atoms with van der Waals surface area (Å²) in [6, 6.07) is 13.9. The van der Waals surface area contributed by atoms with Gasteiger partial charge in [-0.15, -0.1) is 0 Å². The average molecular weight is 286 g/mol. The van der Waals surface area contributed by atoms with E-state index < -0.39 is 17.9 Å². The summed E-state index contributed by atoms with van der Waals surface area (Å²) >= 11 is 0. The maximum atomic E-state index is 11.9. The fourth-order valence-electron chi connectivity index (χ4n) is 2.43. The van der Waals surface area contributed by atoms with E-state index in [1.54, 1.807) is 0 Å². The molecule has 4 nitrogen and oxygen atoms in total. The van der Waals surface area contributed by atoms with Gasteiger partial charge in [-0.3, -0.25) is 9.59 Å². The SMILES string of the molecule is COC(=O)CC(Cc1cccc2ccccc12)C(=O)OC. The number of carbonyl (C=O) groups is 2. The van der Waals surface area contributed by atoms with Crippen molar-refractivity contribution >= 4 is 22.7 Å². The molecule has 0 heterocycles. The third-order valence-corrected chi connectivity index (χ3v) is 3.52. The Labute approximate surface area is 123 Å². The van der Waals surface area contributed by atoms with Crippen molar-refractivity contribution in [2.75, 3.05) is 14.2 Å². The van der Waals surface area contributed by atoms with E-state index in [0.717, 1.165) is 16.3 Å². The molecule has 0 fully saturated rings. The molecule has 1 unspecified atom stereocenters. The molecule has 0 saturated carbocycles. The Morgan fingerprint density at radius 1 is 1.00 bits per heavy atom. The van der Waals surface area contributed by atoms with Crippen LogP contribution >= 0.6 is 0 Å². The Morgan fingerprint density at radius 3 is 2.43 bits per heavy atom. The molecule has 0 aliphatic rings. The first-order chi connectivity index (χ1) is 10.2. The fourth-order valence-corrected chi connectivity index (χ4v) is 2.43. The number of fused-ring (bicyclic) bond motifs is 1. The van der Waals surface area contributed by atoms with Crippen LogP contribution < -0.4 is 0 Å². The predicted octanol–water partition coefficient (Wildman–Crippen LogP) is 2.73. The van der Waals surface area contributed by atoms with Crippen molar-refractivity contribution in [2.45, 2.75) is 12.8 Å². The summed E-state index contributed by atoms with van der Waals surface area (Å²) in [6.45, 7) is 0. The lowest BCUT2D eigenvalue weighted by Crippen LogP contribution is -2.22. The minimum Gasteiger partial charge on any atom is -0.469 e. The number of hydrogen-bond donors (Lipinski definition) is 0. The molecule has 110 valence electrons. The van der Waals surface area contributed by atoms with Crippen molar-refractivity contribution in [3.8, 4) is 0 Å². The standard InChI is InChI=1S/C17H18O4/c1-20-16(18)11-14(17(19)21-2)10-13-8-5-7-12-6-3-4-9-15(12)13/h3-9,14H,10-11H2,1-2H3. The molecule has 0 aromatic heterocycles. The number of methoxy groups -OCH3 is 2. The first-order valence-corrected chi connectivity index (χ1v) is 6.77. The van der Waals surface area contributed by atoms with E-state index in [9.17, 15) is 9.59 Å². The molecule has 0 saturated heterocycles. The van der Waals surface area contributed by atoms with Gasteiger partial charge in [0.05, 0.1) is 26.6 Å². The van der Waals surface area contributed by atoms with Gasteiger partial charge in [0.25, 0.3) is 0 Å². The van der Waals surface area contributed by atoms with Gasteiger partial charge >= 0.3 is 11.9 Å². The Bertz CT molecular complexity index is 643. The fraction of sp³-hybridized carbons (Fsp3) is 0.294. The average Bonchev–Trinajstić information content (AvgIpc) is 2.53. The summed E-state index contributed by atoms with van der Waals surface area (Å²) in [5, 5.41) is 2.19. The van der Waals surface area contributed by atoms with Gasteiger partial charge in [-0.2, -0.15) is 0 Å². The van der Waals surface area contributed by atoms with Crippen LogP contribution in [0.15, 0.2) is 42.5 Å². The van der Waals surface area contributed by atoms with Crippen LogP contribution in [-0.4, -0.2) is 26.2 Å². The van der Waals surface area contributed by atoms with E-state index in [1.807, 2.05) is 42.5 Å². The predicted molar refractivity (Wildman–Crippen MR) is 79.8 cm³/mol. The molecule has 0 bridgehead atoms. The maximum Gasteiger partial charge on any atom is 0.309 e. The number of esters is 2. The summed E-state index contributed by atoms with van der Waals surface area (Å²) < 4.78 is 9.45. The second kappa shape index (κ2) is 6.88. The molecule has 4 heteroatoms. The van der Waals surface area contributed by atoms with Crippen molar-refractivity contribution in [1.82, 2.24) is 0 Å². The monoisotopic (exact) mass is 286 g/mol. The van der Waals surface area contributed by atoms with Gasteiger partial charge in [0, 0.05) is 0 Å². The second-order valence-corrected chi connectivity index (χ2v) is 4.84. The lowest BCUT2D eigenvalue weighted by Gasteiger charge is -2.15. The summed E-state index contributed by atoms with van der Waals surface area (Å²) in [4.78, 5) is 23.3. The summed E-state index contributed by atoms with van der Waals surface area (Å²) in [7, 11) is 2.64. The Hall–Kier alpha value is -2.36. The highest BCUT2D eigenvalue weighted by molar-refractivity contribution is 5.87. The van der Waals surface area contributed by atoms with Crippen LogP contribution in [0.2, 0.25) is 0 Å². The normalized spacial score (nSPS) is 11.9. The third kappa shape index (κ3) is 3.60. The lowest BCUT2D eigenvalue weighted by atomic mass is 9.93. The van der Waals surface area contributed by atoms with Gasteiger partial charge < -0.3 is 9.47 Å². The molecule has 2 aromatic carbocycles. The number of ether oxygens (including phenoxy) is 2. The van der Waals surface area contributed by atoms with Gasteiger partial charge in [0.2, 0.25) is 0 Å². The molecule has 0 radical (unpaired) electrons. The van der Waals surface area contributed by atoms with Crippen LogP contribution in [0.3, 0.4) is 0 Å². The molecule has 21 heavy (non-hydrogen) atoms. The minimum atomic E-state index is -0.534. The van der Waals surface area contributed by atoms with Crippen LogP contribution in [0.1, 0.15) is 12.0 Å². The van der Waals surface area contributed by atoms with Crippen molar-refractivity contribution in [2.24, 2.45) is 5.92 Å². The van der Waals surface area contributed by atoms with Crippen molar-refractivity contribution in [1.29, 1.82) is 0 Å². The van der Waals surface area contributed by atoms with Crippen LogP contribution in [0.25, 0.3) is 10.8 Å². The number of rotatable bonds is 5. The molecule has 2 rings (SSSR count). The van der Waals surface area contributed by atoms with Crippen molar-refractivity contribution in [3.63, 3.8) is 0 Å². The molecule has 0 N–H and O–H groups in total. The van der Waals surface area contributed by atoms with Crippen LogP contribution in [-0.2, 0) is 25.5 Å². The van der Waals surface area contributed by atoms with Crippen LogP contribution in [0.4, 0.5) is 0 Å². The largest absolute Gasteiger partial charge is 0.469 e. The van der Waals surface area contributed by atoms with Gasteiger partial charge in [0.15, 0.2) is 0 Å². The van der Waals surface area contributed by atoms with E-state index in [2.05, 4.69) is 4.74 Å². The first-order valence-electron chi connectivity index (χ1n) is 6.77. The summed E-state index contributed by atoms with van der Waals surface area (Å²) in [5.74, 6) is -1.34. The van der Waals surface area contributed by atoms with E-state index in [-0.39, 0.29) is 6.42 Å². The highest BCUT2D eigenvalue weighted by Crippen LogP contribution is 2.23. The zero-order valence-electron chi connectivity index (χ0n) is 12.2. The highest BCUT2D eigenvalue weighted by Gasteiger charge is 2.24.